The Hall–Kier alpha value is -4.25. The molecule has 190 valence electrons. The van der Waals surface area contributed by atoms with E-state index in [9.17, 15) is 4.79 Å². The van der Waals surface area contributed by atoms with Crippen molar-refractivity contribution in [2.75, 3.05) is 27.9 Å². The van der Waals surface area contributed by atoms with E-state index in [-0.39, 0.29) is 5.78 Å². The van der Waals surface area contributed by atoms with Gasteiger partial charge in [-0.05, 0) is 41.3 Å². The maximum absolute atomic E-state index is 13.2. The van der Waals surface area contributed by atoms with Crippen LogP contribution in [0.15, 0.2) is 84.9 Å². The number of ether oxygens (including phenoxy) is 4. The molecule has 0 atom stereocenters. The summed E-state index contributed by atoms with van der Waals surface area (Å²) >= 11 is 0. The highest BCUT2D eigenvalue weighted by Gasteiger charge is 2.14. The fourth-order valence-corrected chi connectivity index (χ4v) is 4.05. The molecule has 0 saturated heterocycles. The van der Waals surface area contributed by atoms with Crippen molar-refractivity contribution in [1.29, 1.82) is 0 Å². The van der Waals surface area contributed by atoms with Crippen LogP contribution in [0.25, 0.3) is 22.3 Å². The van der Waals surface area contributed by atoms with E-state index in [1.54, 1.807) is 21.3 Å². The molecule has 37 heavy (non-hydrogen) atoms. The zero-order valence-electron chi connectivity index (χ0n) is 21.9. The number of benzene rings is 4. The Kier molecular flexibility index (Phi) is 8.14. The zero-order chi connectivity index (χ0) is 26.4. The maximum atomic E-state index is 13.2. The molecule has 5 heteroatoms. The largest absolute Gasteiger partial charge is 0.497 e. The van der Waals surface area contributed by atoms with Gasteiger partial charge in [-0.25, -0.2) is 0 Å². The molecule has 0 aliphatic heterocycles. The van der Waals surface area contributed by atoms with E-state index in [1.807, 2.05) is 84.9 Å². The average Bonchev–Trinajstić information content (AvgIpc) is 2.95. The smallest absolute Gasteiger partial charge is 0.193 e. The molecule has 0 spiro atoms. The van der Waals surface area contributed by atoms with Crippen LogP contribution in [0.5, 0.6) is 23.0 Å². The lowest BCUT2D eigenvalue weighted by Crippen LogP contribution is -2.05. The highest BCUT2D eigenvalue weighted by atomic mass is 16.5. The highest BCUT2D eigenvalue weighted by Crippen LogP contribution is 2.35. The summed E-state index contributed by atoms with van der Waals surface area (Å²) < 4.78 is 22.2. The summed E-state index contributed by atoms with van der Waals surface area (Å²) in [5, 5.41) is 0. The lowest BCUT2D eigenvalue weighted by Gasteiger charge is -2.15. The Morgan fingerprint density at radius 2 is 1.08 bits per heavy atom. The van der Waals surface area contributed by atoms with Crippen LogP contribution in [0, 0.1) is 5.92 Å². The number of ketones is 1. The van der Waals surface area contributed by atoms with E-state index in [1.165, 1.54) is 0 Å². The van der Waals surface area contributed by atoms with Crippen LogP contribution in [0.4, 0.5) is 0 Å². The maximum Gasteiger partial charge on any atom is 0.193 e. The Balaban J connectivity index is 1.55. The second-order valence-corrected chi connectivity index (χ2v) is 9.12. The van der Waals surface area contributed by atoms with Crippen molar-refractivity contribution in [2.24, 2.45) is 5.92 Å². The summed E-state index contributed by atoms with van der Waals surface area (Å²) in [6.45, 7) is 4.83. The van der Waals surface area contributed by atoms with Gasteiger partial charge in [-0.2, -0.15) is 0 Å². The van der Waals surface area contributed by atoms with Gasteiger partial charge in [-0.1, -0.05) is 62.4 Å². The number of rotatable bonds is 10. The van der Waals surface area contributed by atoms with E-state index in [2.05, 4.69) is 13.8 Å². The highest BCUT2D eigenvalue weighted by molar-refractivity contribution is 6.09. The number of hydrogen-bond donors (Lipinski definition) is 0. The summed E-state index contributed by atoms with van der Waals surface area (Å²) in [6.07, 6.45) is 0. The van der Waals surface area contributed by atoms with Gasteiger partial charge >= 0.3 is 0 Å². The third kappa shape index (κ3) is 5.95. The lowest BCUT2D eigenvalue weighted by molar-refractivity contribution is 0.103. The second kappa shape index (κ2) is 11.7. The minimum atomic E-state index is -0.0363. The molecule has 5 nitrogen and oxygen atoms in total. The molecule has 0 amide bonds. The first-order valence-corrected chi connectivity index (χ1v) is 12.2. The zero-order valence-corrected chi connectivity index (χ0v) is 21.9. The SMILES string of the molecule is COc1ccc(-c2ccc(C(=O)c3ccc(-c4ccc(OC)cc4OCC(C)C)cc3)cc2)c(OC)c1. The van der Waals surface area contributed by atoms with E-state index < -0.39 is 0 Å². The normalized spacial score (nSPS) is 10.8. The fraction of sp³-hybridized carbons (Fsp3) is 0.219. The molecule has 0 bridgehead atoms. The van der Waals surface area contributed by atoms with Crippen molar-refractivity contribution in [1.82, 2.24) is 0 Å². The van der Waals surface area contributed by atoms with Gasteiger partial charge < -0.3 is 18.9 Å². The number of methoxy groups -OCH3 is 3. The number of carbonyl (C=O) groups excluding carboxylic acids is 1. The summed E-state index contributed by atoms with van der Waals surface area (Å²) in [4.78, 5) is 13.2. The van der Waals surface area contributed by atoms with Crippen LogP contribution in [-0.2, 0) is 0 Å². The van der Waals surface area contributed by atoms with Crippen LogP contribution >= 0.6 is 0 Å². The summed E-state index contributed by atoms with van der Waals surface area (Å²) in [7, 11) is 4.89. The molecule has 0 fully saturated rings. The third-order valence-corrected chi connectivity index (χ3v) is 6.09. The van der Waals surface area contributed by atoms with Crippen molar-refractivity contribution < 1.29 is 23.7 Å². The molecule has 0 N–H and O–H groups in total. The first-order chi connectivity index (χ1) is 17.9. The minimum absolute atomic E-state index is 0.0363. The van der Waals surface area contributed by atoms with Crippen molar-refractivity contribution >= 4 is 5.78 Å². The standard InChI is InChI=1S/C32H32O5/c1-21(2)20-37-31-19-27(35-4)15-17-29(31)23-8-12-25(13-9-23)32(33)24-10-6-22(7-11-24)28-16-14-26(34-3)18-30(28)36-5/h6-19,21H,20H2,1-5H3. The molecule has 4 aromatic carbocycles. The molecule has 0 saturated carbocycles. The van der Waals surface area contributed by atoms with Gasteiger partial charge in [0.05, 0.1) is 27.9 Å². The van der Waals surface area contributed by atoms with Gasteiger partial charge in [0, 0.05) is 34.4 Å². The average molecular weight is 497 g/mol. The van der Waals surface area contributed by atoms with E-state index in [0.29, 0.717) is 29.4 Å². The topological polar surface area (TPSA) is 54.0 Å². The first kappa shape index (κ1) is 25.8. The quantitative estimate of drug-likeness (QED) is 0.215. The Morgan fingerprint density at radius 3 is 1.51 bits per heavy atom. The van der Waals surface area contributed by atoms with Crippen molar-refractivity contribution in [2.45, 2.75) is 13.8 Å². The fourth-order valence-electron chi connectivity index (χ4n) is 4.05. The van der Waals surface area contributed by atoms with Gasteiger partial charge in [-0.3, -0.25) is 4.79 Å². The predicted octanol–water partition coefficient (Wildman–Crippen LogP) is 7.31. The van der Waals surface area contributed by atoms with Crippen LogP contribution in [0.1, 0.15) is 29.8 Å². The number of hydrogen-bond acceptors (Lipinski definition) is 5. The van der Waals surface area contributed by atoms with Crippen molar-refractivity contribution in [3.05, 3.63) is 96.1 Å². The Bertz CT molecular complexity index is 1360. The minimum Gasteiger partial charge on any atom is -0.497 e. The molecule has 0 radical (unpaired) electrons. The van der Waals surface area contributed by atoms with E-state index in [4.69, 9.17) is 18.9 Å². The van der Waals surface area contributed by atoms with Crippen LogP contribution in [0.2, 0.25) is 0 Å². The molecular weight excluding hydrogens is 464 g/mol. The van der Waals surface area contributed by atoms with Gasteiger partial charge in [0.1, 0.15) is 23.0 Å². The predicted molar refractivity (Wildman–Crippen MR) is 147 cm³/mol. The van der Waals surface area contributed by atoms with Crippen molar-refractivity contribution in [3.63, 3.8) is 0 Å². The summed E-state index contributed by atoms with van der Waals surface area (Å²) in [5.74, 6) is 3.30. The molecule has 0 aliphatic rings. The molecule has 0 unspecified atom stereocenters. The van der Waals surface area contributed by atoms with E-state index >= 15 is 0 Å². The monoisotopic (exact) mass is 496 g/mol. The van der Waals surface area contributed by atoms with Gasteiger partial charge in [-0.15, -0.1) is 0 Å². The second-order valence-electron chi connectivity index (χ2n) is 9.12. The van der Waals surface area contributed by atoms with Crippen LogP contribution in [0.3, 0.4) is 0 Å². The Morgan fingerprint density at radius 1 is 0.622 bits per heavy atom. The third-order valence-electron chi connectivity index (χ3n) is 6.09. The molecule has 0 aromatic heterocycles. The van der Waals surface area contributed by atoms with Gasteiger partial charge in [0.2, 0.25) is 0 Å². The molecule has 0 heterocycles. The summed E-state index contributed by atoms with van der Waals surface area (Å²) in [5.41, 5.74) is 5.06. The Labute approximate surface area is 218 Å². The molecule has 0 aliphatic carbocycles. The van der Waals surface area contributed by atoms with Crippen LogP contribution < -0.4 is 18.9 Å². The number of carbonyl (C=O) groups is 1. The summed E-state index contributed by atoms with van der Waals surface area (Å²) in [6, 6.07) is 26.6. The van der Waals surface area contributed by atoms with Gasteiger partial charge in [0.25, 0.3) is 0 Å². The lowest BCUT2D eigenvalue weighted by atomic mass is 9.97. The van der Waals surface area contributed by atoms with Gasteiger partial charge in [0.15, 0.2) is 5.78 Å². The van der Waals surface area contributed by atoms with Crippen LogP contribution in [-0.4, -0.2) is 33.7 Å². The molecule has 4 aromatic rings. The van der Waals surface area contributed by atoms with E-state index in [0.717, 1.165) is 39.5 Å². The molecular formula is C32H32O5. The molecule has 4 rings (SSSR count). The first-order valence-electron chi connectivity index (χ1n) is 12.2. The van der Waals surface area contributed by atoms with Crippen molar-refractivity contribution in [3.8, 4) is 45.3 Å².